The molecular formula is C15H22Cl2N2O. The largest absolute Gasteiger partial charge is 0.330 e. The van der Waals surface area contributed by atoms with Crippen LogP contribution in [0.5, 0.6) is 0 Å². The molecule has 1 aromatic carbocycles. The van der Waals surface area contributed by atoms with Crippen LogP contribution in [0.15, 0.2) is 12.1 Å². The van der Waals surface area contributed by atoms with E-state index < -0.39 is 0 Å². The topological polar surface area (TPSA) is 55.1 Å². The van der Waals surface area contributed by atoms with Gasteiger partial charge in [0.2, 0.25) is 5.91 Å². The van der Waals surface area contributed by atoms with Gasteiger partial charge in [-0.15, -0.1) is 0 Å². The van der Waals surface area contributed by atoms with Crippen molar-refractivity contribution in [1.82, 2.24) is 0 Å². The van der Waals surface area contributed by atoms with E-state index >= 15 is 0 Å². The first-order valence-electron chi connectivity index (χ1n) is 6.93. The molecule has 0 radical (unpaired) electrons. The van der Waals surface area contributed by atoms with Crippen molar-refractivity contribution in [3.63, 3.8) is 0 Å². The van der Waals surface area contributed by atoms with Gasteiger partial charge in [0.25, 0.3) is 0 Å². The van der Waals surface area contributed by atoms with E-state index in [1.54, 1.807) is 12.1 Å². The number of hydrogen-bond acceptors (Lipinski definition) is 2. The minimum Gasteiger partial charge on any atom is -0.330 e. The van der Waals surface area contributed by atoms with Crippen molar-refractivity contribution in [2.75, 3.05) is 11.9 Å². The molecule has 0 heterocycles. The Morgan fingerprint density at radius 3 is 2.60 bits per heavy atom. The number of carbonyl (C=O) groups excluding carboxylic acids is 1. The Morgan fingerprint density at radius 2 is 2.00 bits per heavy atom. The summed E-state index contributed by atoms with van der Waals surface area (Å²) < 4.78 is 0. The van der Waals surface area contributed by atoms with Crippen LogP contribution in [0.25, 0.3) is 0 Å². The van der Waals surface area contributed by atoms with Gasteiger partial charge in [-0.05, 0) is 49.9 Å². The predicted octanol–water partition coefficient (Wildman–Crippen LogP) is 4.40. The molecule has 0 saturated carbocycles. The molecule has 20 heavy (non-hydrogen) atoms. The molecule has 0 bridgehead atoms. The molecule has 1 aromatic rings. The molecule has 0 aliphatic rings. The zero-order chi connectivity index (χ0) is 15.1. The Morgan fingerprint density at radius 1 is 1.30 bits per heavy atom. The van der Waals surface area contributed by atoms with Crippen LogP contribution in [0.3, 0.4) is 0 Å². The number of aryl methyl sites for hydroxylation is 1. The summed E-state index contributed by atoms with van der Waals surface area (Å²) in [6.45, 7) is 4.66. The van der Waals surface area contributed by atoms with Gasteiger partial charge in [0.05, 0.1) is 10.7 Å². The molecule has 3 nitrogen and oxygen atoms in total. The van der Waals surface area contributed by atoms with Crippen molar-refractivity contribution in [2.24, 2.45) is 11.7 Å². The molecule has 0 spiro atoms. The van der Waals surface area contributed by atoms with Gasteiger partial charge in [-0.2, -0.15) is 0 Å². The lowest BCUT2D eigenvalue weighted by Crippen LogP contribution is -2.15. The van der Waals surface area contributed by atoms with Crippen LogP contribution in [0.2, 0.25) is 10.0 Å². The van der Waals surface area contributed by atoms with Crippen LogP contribution < -0.4 is 11.1 Å². The Bertz CT molecular complexity index is 463. The Labute approximate surface area is 130 Å². The fraction of sp³-hybridized carbons (Fsp3) is 0.533. The van der Waals surface area contributed by atoms with Crippen LogP contribution in [0, 0.1) is 12.8 Å². The van der Waals surface area contributed by atoms with E-state index in [-0.39, 0.29) is 5.91 Å². The van der Waals surface area contributed by atoms with Gasteiger partial charge in [0.15, 0.2) is 0 Å². The summed E-state index contributed by atoms with van der Waals surface area (Å²) in [5.74, 6) is 0.463. The highest BCUT2D eigenvalue weighted by Gasteiger charge is 2.11. The van der Waals surface area contributed by atoms with Crippen molar-refractivity contribution in [1.29, 1.82) is 0 Å². The summed E-state index contributed by atoms with van der Waals surface area (Å²) in [4.78, 5) is 11.9. The molecule has 1 unspecified atom stereocenters. The normalized spacial score (nSPS) is 12.2. The number of nitrogens with two attached hydrogens (primary N) is 1. The van der Waals surface area contributed by atoms with Gasteiger partial charge in [-0.25, -0.2) is 0 Å². The van der Waals surface area contributed by atoms with E-state index in [2.05, 4.69) is 12.2 Å². The minimum atomic E-state index is -0.0395. The summed E-state index contributed by atoms with van der Waals surface area (Å²) in [6.07, 6.45) is 3.32. The summed E-state index contributed by atoms with van der Waals surface area (Å²) in [7, 11) is 0. The fourth-order valence-electron chi connectivity index (χ4n) is 2.08. The summed E-state index contributed by atoms with van der Waals surface area (Å²) in [6, 6.07) is 3.44. The molecule has 1 rings (SSSR count). The summed E-state index contributed by atoms with van der Waals surface area (Å²) in [5.41, 5.74) is 7.01. The zero-order valence-electron chi connectivity index (χ0n) is 12.0. The van der Waals surface area contributed by atoms with Crippen LogP contribution in [-0.2, 0) is 4.79 Å². The van der Waals surface area contributed by atoms with Gasteiger partial charge >= 0.3 is 0 Å². The predicted molar refractivity (Wildman–Crippen MR) is 86.5 cm³/mol. The maximum atomic E-state index is 11.9. The standard InChI is InChI=1S/C15H22Cl2N2O/c1-3-11(6-7-18)4-5-15(20)19-14-9-12(16)10(2)8-13(14)17/h8-9,11H,3-7,18H2,1-2H3,(H,19,20). The second kappa shape index (κ2) is 8.50. The number of halogens is 2. The quantitative estimate of drug-likeness (QED) is 0.783. The number of carbonyl (C=O) groups is 1. The van der Waals surface area contributed by atoms with E-state index in [9.17, 15) is 4.79 Å². The number of amides is 1. The van der Waals surface area contributed by atoms with Crippen molar-refractivity contribution < 1.29 is 4.79 Å². The van der Waals surface area contributed by atoms with Crippen LogP contribution in [0.1, 0.15) is 38.2 Å². The highest BCUT2D eigenvalue weighted by atomic mass is 35.5. The molecule has 0 saturated heterocycles. The molecule has 1 amide bonds. The van der Waals surface area contributed by atoms with Crippen molar-refractivity contribution in [2.45, 2.75) is 39.5 Å². The van der Waals surface area contributed by atoms with Gasteiger partial charge in [0.1, 0.15) is 0 Å². The molecule has 0 aliphatic carbocycles. The Hall–Kier alpha value is -0.770. The monoisotopic (exact) mass is 316 g/mol. The average molecular weight is 317 g/mol. The zero-order valence-corrected chi connectivity index (χ0v) is 13.5. The maximum Gasteiger partial charge on any atom is 0.224 e. The molecule has 0 aromatic heterocycles. The number of benzene rings is 1. The van der Waals surface area contributed by atoms with Crippen LogP contribution >= 0.6 is 23.2 Å². The van der Waals surface area contributed by atoms with Gasteiger partial charge < -0.3 is 11.1 Å². The first-order valence-corrected chi connectivity index (χ1v) is 7.69. The van der Waals surface area contributed by atoms with Crippen molar-refractivity contribution in [3.05, 3.63) is 27.7 Å². The van der Waals surface area contributed by atoms with Crippen molar-refractivity contribution >= 4 is 34.8 Å². The molecule has 5 heteroatoms. The second-order valence-electron chi connectivity index (χ2n) is 5.02. The van der Waals surface area contributed by atoms with E-state index in [4.69, 9.17) is 28.9 Å². The van der Waals surface area contributed by atoms with E-state index in [1.165, 1.54) is 0 Å². The Balaban J connectivity index is 2.56. The Kier molecular flexibility index (Phi) is 7.35. The third kappa shape index (κ3) is 5.31. The lowest BCUT2D eigenvalue weighted by atomic mass is 9.96. The van der Waals surface area contributed by atoms with Gasteiger partial charge in [0, 0.05) is 11.4 Å². The number of rotatable bonds is 7. The molecule has 112 valence electrons. The number of nitrogens with one attached hydrogen (secondary N) is 1. The minimum absolute atomic E-state index is 0.0395. The van der Waals surface area contributed by atoms with E-state index in [0.29, 0.717) is 34.6 Å². The lowest BCUT2D eigenvalue weighted by Gasteiger charge is -2.14. The smallest absolute Gasteiger partial charge is 0.224 e. The van der Waals surface area contributed by atoms with Crippen LogP contribution in [0.4, 0.5) is 5.69 Å². The molecule has 0 aliphatic heterocycles. The highest BCUT2D eigenvalue weighted by molar-refractivity contribution is 6.36. The number of hydrogen-bond donors (Lipinski definition) is 2. The summed E-state index contributed by atoms with van der Waals surface area (Å²) in [5, 5.41) is 3.92. The third-order valence-corrected chi connectivity index (χ3v) is 4.17. The lowest BCUT2D eigenvalue weighted by molar-refractivity contribution is -0.116. The second-order valence-corrected chi connectivity index (χ2v) is 5.83. The first kappa shape index (κ1) is 17.3. The van der Waals surface area contributed by atoms with Crippen molar-refractivity contribution in [3.8, 4) is 0 Å². The fourth-order valence-corrected chi connectivity index (χ4v) is 2.51. The van der Waals surface area contributed by atoms with E-state index in [1.807, 2.05) is 6.92 Å². The summed E-state index contributed by atoms with van der Waals surface area (Å²) >= 11 is 12.1. The molecular weight excluding hydrogens is 295 g/mol. The SMILES string of the molecule is CCC(CCN)CCC(=O)Nc1cc(Cl)c(C)cc1Cl. The number of anilines is 1. The molecule has 1 atom stereocenters. The van der Waals surface area contributed by atoms with E-state index in [0.717, 1.165) is 24.8 Å². The van der Waals surface area contributed by atoms with Gasteiger partial charge in [-0.3, -0.25) is 4.79 Å². The maximum absolute atomic E-state index is 11.9. The van der Waals surface area contributed by atoms with Crippen LogP contribution in [-0.4, -0.2) is 12.5 Å². The highest BCUT2D eigenvalue weighted by Crippen LogP contribution is 2.29. The average Bonchev–Trinajstić information content (AvgIpc) is 2.40. The first-order chi connectivity index (χ1) is 9.47. The van der Waals surface area contributed by atoms with Gasteiger partial charge in [-0.1, -0.05) is 36.5 Å². The molecule has 0 fully saturated rings. The molecule has 3 N–H and O–H groups in total. The third-order valence-electron chi connectivity index (χ3n) is 3.45.